The zero-order chi connectivity index (χ0) is 14.5. The first-order valence-corrected chi connectivity index (χ1v) is 7.27. The van der Waals surface area contributed by atoms with Crippen LogP contribution in [0.3, 0.4) is 0 Å². The lowest BCUT2D eigenvalue weighted by Gasteiger charge is -2.37. The Balaban J connectivity index is 2.09. The molecule has 0 spiro atoms. The summed E-state index contributed by atoms with van der Waals surface area (Å²) in [6, 6.07) is 5.50. The van der Waals surface area contributed by atoms with Crippen molar-refractivity contribution in [3.63, 3.8) is 0 Å². The molecular formula is C14H19ClN2O3. The van der Waals surface area contributed by atoms with Crippen molar-refractivity contribution in [1.82, 2.24) is 4.90 Å². The van der Waals surface area contributed by atoms with Gasteiger partial charge in [0.25, 0.3) is 5.69 Å². The van der Waals surface area contributed by atoms with E-state index in [0.29, 0.717) is 12.6 Å². The Hall–Kier alpha value is -1.17. The van der Waals surface area contributed by atoms with Crippen molar-refractivity contribution in [2.24, 2.45) is 0 Å². The molecule has 0 aliphatic heterocycles. The van der Waals surface area contributed by atoms with Crippen LogP contribution in [0.1, 0.15) is 31.2 Å². The summed E-state index contributed by atoms with van der Waals surface area (Å²) in [6.45, 7) is 1.66. The minimum atomic E-state index is -0.451. The fourth-order valence-electron chi connectivity index (χ4n) is 2.45. The van der Waals surface area contributed by atoms with E-state index in [-0.39, 0.29) is 17.3 Å². The van der Waals surface area contributed by atoms with Gasteiger partial charge < -0.3 is 5.11 Å². The smallest absolute Gasteiger partial charge is 0.288 e. The third kappa shape index (κ3) is 3.69. The zero-order valence-electron chi connectivity index (χ0n) is 11.3. The van der Waals surface area contributed by atoms with Gasteiger partial charge in [0.05, 0.1) is 4.92 Å². The lowest BCUT2D eigenvalue weighted by Crippen LogP contribution is -2.40. The number of hydrogen-bond acceptors (Lipinski definition) is 4. The van der Waals surface area contributed by atoms with Crippen LogP contribution in [-0.2, 0) is 6.54 Å². The fraction of sp³-hybridized carbons (Fsp3) is 0.571. The molecule has 0 saturated heterocycles. The molecule has 0 heterocycles. The Labute approximate surface area is 123 Å². The van der Waals surface area contributed by atoms with Gasteiger partial charge in [-0.3, -0.25) is 15.0 Å². The van der Waals surface area contributed by atoms with Crippen LogP contribution in [-0.4, -0.2) is 34.1 Å². The van der Waals surface area contributed by atoms with Crippen LogP contribution in [0.25, 0.3) is 0 Å². The minimum Gasteiger partial charge on any atom is -0.396 e. The lowest BCUT2D eigenvalue weighted by atomic mass is 9.91. The van der Waals surface area contributed by atoms with Gasteiger partial charge in [-0.15, -0.1) is 0 Å². The van der Waals surface area contributed by atoms with Gasteiger partial charge in [0.1, 0.15) is 5.02 Å². The Kier molecular flexibility index (Phi) is 5.34. The second-order valence-corrected chi connectivity index (χ2v) is 5.58. The second kappa shape index (κ2) is 7.02. The highest BCUT2D eigenvalue weighted by Crippen LogP contribution is 2.29. The van der Waals surface area contributed by atoms with E-state index in [4.69, 9.17) is 16.7 Å². The summed E-state index contributed by atoms with van der Waals surface area (Å²) < 4.78 is 0. The number of nitro benzene ring substituents is 1. The number of aliphatic hydroxyl groups excluding tert-OH is 1. The van der Waals surface area contributed by atoms with Gasteiger partial charge in [-0.05, 0) is 30.9 Å². The molecule has 1 N–H and O–H groups in total. The zero-order valence-corrected chi connectivity index (χ0v) is 12.1. The van der Waals surface area contributed by atoms with Crippen LogP contribution in [0.4, 0.5) is 5.69 Å². The van der Waals surface area contributed by atoms with E-state index in [9.17, 15) is 10.1 Å². The second-order valence-electron chi connectivity index (χ2n) is 5.18. The number of hydrogen-bond donors (Lipinski definition) is 1. The maximum absolute atomic E-state index is 10.9. The molecule has 0 bridgehead atoms. The predicted octanol–water partition coefficient (Wildman–Crippen LogP) is 2.99. The molecule has 110 valence electrons. The van der Waals surface area contributed by atoms with Crippen LogP contribution in [0, 0.1) is 10.1 Å². The average Bonchev–Trinajstić information content (AvgIpc) is 2.35. The molecule has 1 aromatic rings. The Morgan fingerprint density at radius 1 is 1.45 bits per heavy atom. The third-order valence-corrected chi connectivity index (χ3v) is 4.11. The van der Waals surface area contributed by atoms with E-state index >= 15 is 0 Å². The molecule has 2 rings (SSSR count). The highest BCUT2D eigenvalue weighted by atomic mass is 35.5. The fourth-order valence-corrected chi connectivity index (χ4v) is 2.63. The number of nitro groups is 1. The molecule has 1 aromatic carbocycles. The van der Waals surface area contributed by atoms with Crippen molar-refractivity contribution in [2.45, 2.75) is 38.3 Å². The maximum Gasteiger partial charge on any atom is 0.288 e. The van der Waals surface area contributed by atoms with Crippen molar-refractivity contribution >= 4 is 17.3 Å². The largest absolute Gasteiger partial charge is 0.396 e. The molecule has 20 heavy (non-hydrogen) atoms. The lowest BCUT2D eigenvalue weighted by molar-refractivity contribution is -0.384. The van der Waals surface area contributed by atoms with E-state index in [1.807, 2.05) is 6.07 Å². The van der Waals surface area contributed by atoms with E-state index in [2.05, 4.69) is 4.90 Å². The summed E-state index contributed by atoms with van der Waals surface area (Å²) >= 11 is 5.82. The third-order valence-electron chi connectivity index (χ3n) is 3.79. The van der Waals surface area contributed by atoms with Crippen molar-refractivity contribution in [3.05, 3.63) is 38.9 Å². The number of rotatable bonds is 7. The van der Waals surface area contributed by atoms with Crippen molar-refractivity contribution in [3.8, 4) is 0 Å². The van der Waals surface area contributed by atoms with E-state index in [1.54, 1.807) is 12.1 Å². The Morgan fingerprint density at radius 3 is 2.75 bits per heavy atom. The molecule has 0 atom stereocenters. The van der Waals surface area contributed by atoms with Gasteiger partial charge >= 0.3 is 0 Å². The van der Waals surface area contributed by atoms with Crippen molar-refractivity contribution in [2.75, 3.05) is 13.2 Å². The van der Waals surface area contributed by atoms with Gasteiger partial charge in [0.2, 0.25) is 0 Å². The van der Waals surface area contributed by atoms with Gasteiger partial charge in [-0.1, -0.05) is 24.1 Å². The molecule has 1 aliphatic rings. The molecular weight excluding hydrogens is 280 g/mol. The van der Waals surface area contributed by atoms with Gasteiger partial charge in [0.15, 0.2) is 0 Å². The number of nitrogens with zero attached hydrogens (tertiary/aromatic N) is 2. The number of halogens is 1. The minimum absolute atomic E-state index is 0.0418. The Morgan fingerprint density at radius 2 is 2.20 bits per heavy atom. The maximum atomic E-state index is 10.9. The molecule has 0 radical (unpaired) electrons. The van der Waals surface area contributed by atoms with E-state index in [1.165, 1.54) is 19.3 Å². The SMILES string of the molecule is O=[N+]([O-])c1cc(CN(CCCO)C2CCC2)ccc1Cl. The van der Waals surface area contributed by atoms with Crippen molar-refractivity contribution < 1.29 is 10.0 Å². The molecule has 0 unspecified atom stereocenters. The highest BCUT2D eigenvalue weighted by Gasteiger charge is 2.25. The predicted molar refractivity (Wildman–Crippen MR) is 77.9 cm³/mol. The summed E-state index contributed by atoms with van der Waals surface area (Å²) in [5.74, 6) is 0. The molecule has 1 aliphatic carbocycles. The van der Waals surface area contributed by atoms with Gasteiger partial charge in [-0.25, -0.2) is 0 Å². The summed E-state index contributed by atoms with van der Waals surface area (Å²) in [5.41, 5.74) is 0.853. The Bertz CT molecular complexity index is 477. The number of aliphatic hydroxyl groups is 1. The summed E-state index contributed by atoms with van der Waals surface area (Å²) in [6.07, 6.45) is 4.30. The quantitative estimate of drug-likeness (QED) is 0.621. The first kappa shape index (κ1) is 15.2. The number of benzene rings is 1. The summed E-state index contributed by atoms with van der Waals surface area (Å²) in [7, 11) is 0. The molecule has 5 nitrogen and oxygen atoms in total. The van der Waals surface area contributed by atoms with E-state index in [0.717, 1.165) is 18.5 Å². The first-order valence-electron chi connectivity index (χ1n) is 6.89. The highest BCUT2D eigenvalue weighted by molar-refractivity contribution is 6.32. The van der Waals surface area contributed by atoms with Gasteiger partial charge in [-0.2, -0.15) is 0 Å². The molecule has 1 saturated carbocycles. The van der Waals surface area contributed by atoms with Crippen LogP contribution in [0.15, 0.2) is 18.2 Å². The monoisotopic (exact) mass is 298 g/mol. The van der Waals surface area contributed by atoms with Gasteiger partial charge in [0, 0.05) is 31.8 Å². The van der Waals surface area contributed by atoms with E-state index < -0.39 is 4.92 Å². The first-order chi connectivity index (χ1) is 9.61. The molecule has 1 fully saturated rings. The van der Waals surface area contributed by atoms with Crippen molar-refractivity contribution in [1.29, 1.82) is 0 Å². The standard InChI is InChI=1S/C14H19ClN2O3/c15-13-6-5-11(9-14(13)17(19)20)10-16(7-2-8-18)12-3-1-4-12/h5-6,9,12,18H,1-4,7-8,10H2. The average molecular weight is 299 g/mol. The summed E-state index contributed by atoms with van der Waals surface area (Å²) in [5, 5.41) is 20.1. The van der Waals surface area contributed by atoms with Crippen LogP contribution >= 0.6 is 11.6 Å². The molecule has 0 aromatic heterocycles. The topological polar surface area (TPSA) is 66.6 Å². The van der Waals surface area contributed by atoms with Crippen LogP contribution in [0.5, 0.6) is 0 Å². The normalized spacial score (nSPS) is 15.3. The van der Waals surface area contributed by atoms with Crippen LogP contribution < -0.4 is 0 Å². The summed E-state index contributed by atoms with van der Waals surface area (Å²) in [4.78, 5) is 12.8. The van der Waals surface area contributed by atoms with Crippen LogP contribution in [0.2, 0.25) is 5.02 Å². The molecule has 0 amide bonds. The molecule has 6 heteroatoms.